The van der Waals surface area contributed by atoms with Crippen molar-refractivity contribution < 1.29 is 38.9 Å². The van der Waals surface area contributed by atoms with Gasteiger partial charge in [-0.2, -0.15) is 0 Å². The lowest BCUT2D eigenvalue weighted by Crippen LogP contribution is -2.61. The molecule has 0 saturated heterocycles. The summed E-state index contributed by atoms with van der Waals surface area (Å²) in [7, 11) is 0. The second-order valence-electron chi connectivity index (χ2n) is 14.1. The van der Waals surface area contributed by atoms with Crippen LogP contribution in [0.4, 0.5) is 9.59 Å². The van der Waals surface area contributed by atoms with E-state index in [0.29, 0.717) is 11.4 Å². The van der Waals surface area contributed by atoms with Gasteiger partial charge in [0.25, 0.3) is 0 Å². The van der Waals surface area contributed by atoms with Gasteiger partial charge in [-0.25, -0.2) is 9.59 Å². The molecule has 4 rings (SSSR count). The fourth-order valence-electron chi connectivity index (χ4n) is 5.92. The molecule has 6 atom stereocenters. The molecule has 0 aliphatic rings. The van der Waals surface area contributed by atoms with Crippen LogP contribution in [0.1, 0.15) is 50.2 Å². The van der Waals surface area contributed by atoms with Gasteiger partial charge in [0, 0.05) is 12.4 Å². The molecule has 0 unspecified atom stereocenters. The minimum absolute atomic E-state index is 0.101. The number of nitrogens with one attached hydrogen (secondary N) is 4. The summed E-state index contributed by atoms with van der Waals surface area (Å²) in [5.41, 5.74) is 2.57. The van der Waals surface area contributed by atoms with Gasteiger partial charge >= 0.3 is 12.2 Å². The highest BCUT2D eigenvalue weighted by Gasteiger charge is 2.37. The predicted octanol–water partition coefficient (Wildman–Crippen LogP) is 3.86. The zero-order chi connectivity index (χ0) is 40.5. The molecule has 0 spiro atoms. The number of nitrogens with zero attached hydrogens (tertiary/aromatic N) is 2. The third-order valence-corrected chi connectivity index (χ3v) is 9.03. The highest BCUT2D eigenvalue weighted by Crippen LogP contribution is 2.17. The van der Waals surface area contributed by atoms with Crippen LogP contribution >= 0.6 is 0 Å². The molecule has 0 radical (unpaired) electrons. The van der Waals surface area contributed by atoms with Crippen molar-refractivity contribution in [1.29, 1.82) is 0 Å². The minimum Gasteiger partial charge on any atom is -0.443 e. The van der Waals surface area contributed by atoms with E-state index in [-0.39, 0.29) is 26.1 Å². The van der Waals surface area contributed by atoms with Crippen LogP contribution in [0, 0.1) is 11.8 Å². The summed E-state index contributed by atoms with van der Waals surface area (Å²) in [4.78, 5) is 61.6. The average molecular weight is 769 g/mol. The number of carbonyl (C=O) groups is 4. The molecule has 0 bridgehead atoms. The maximum absolute atomic E-state index is 13.9. The van der Waals surface area contributed by atoms with Gasteiger partial charge in [-0.15, -0.1) is 0 Å². The zero-order valence-corrected chi connectivity index (χ0v) is 32.1. The average Bonchev–Trinajstić information content (AvgIpc) is 3.20. The van der Waals surface area contributed by atoms with Crippen LogP contribution < -0.4 is 21.3 Å². The van der Waals surface area contributed by atoms with E-state index in [1.165, 1.54) is 0 Å². The first-order valence-corrected chi connectivity index (χ1v) is 18.6. The van der Waals surface area contributed by atoms with E-state index < -0.39 is 72.2 Å². The van der Waals surface area contributed by atoms with E-state index >= 15 is 0 Å². The number of aromatic nitrogens is 2. The van der Waals surface area contributed by atoms with Gasteiger partial charge in [-0.1, -0.05) is 100 Å². The highest BCUT2D eigenvalue weighted by molar-refractivity contribution is 5.87. The molecule has 2 heterocycles. The second kappa shape index (κ2) is 21.9. The molecule has 14 nitrogen and oxygen atoms in total. The third-order valence-electron chi connectivity index (χ3n) is 9.03. The number of ether oxygens (including phenoxy) is 2. The summed E-state index contributed by atoms with van der Waals surface area (Å²) in [6.45, 7) is 6.79. The van der Waals surface area contributed by atoms with E-state index in [4.69, 9.17) is 9.47 Å². The zero-order valence-electron chi connectivity index (χ0n) is 32.1. The normalized spacial score (nSPS) is 14.4. The summed E-state index contributed by atoms with van der Waals surface area (Å²) in [5.74, 6) is -2.01. The summed E-state index contributed by atoms with van der Waals surface area (Å²) >= 11 is 0. The van der Waals surface area contributed by atoms with Crippen molar-refractivity contribution in [1.82, 2.24) is 31.2 Å². The molecule has 0 saturated carbocycles. The molecule has 6 N–H and O–H groups in total. The maximum atomic E-state index is 13.9. The standard InChI is InChI=1S/C42H52N6O8/c1-27(2)35(47-41(53)55-25-31-19-11-13-21-43-31)39(51)45-33(23-29-15-7-5-8-16-29)37(49)38(50)34(24-30-17-9-6-10-18-30)46-40(52)36(28(3)4)48-42(54)56-26-32-20-12-14-22-44-32/h5-22,27-28,33-38,49-50H,23-26H2,1-4H3,(H,45,51)(H,46,52)(H,47,53)(H,48,54)/t33-,34-,35-,36+,37+,38-/m0/s1. The Labute approximate surface area is 327 Å². The first-order valence-electron chi connectivity index (χ1n) is 18.6. The lowest BCUT2D eigenvalue weighted by molar-refractivity contribution is -0.129. The van der Waals surface area contributed by atoms with E-state index in [1.807, 2.05) is 60.7 Å². The number of hydrogen-bond acceptors (Lipinski definition) is 10. The molecule has 4 aromatic rings. The van der Waals surface area contributed by atoms with Crippen LogP contribution in [-0.2, 0) is 45.1 Å². The van der Waals surface area contributed by atoms with Crippen molar-refractivity contribution >= 4 is 24.0 Å². The van der Waals surface area contributed by atoms with E-state index in [2.05, 4.69) is 31.2 Å². The van der Waals surface area contributed by atoms with Crippen molar-refractivity contribution in [2.75, 3.05) is 0 Å². The number of rotatable bonds is 19. The van der Waals surface area contributed by atoms with E-state index in [9.17, 15) is 29.4 Å². The Morgan fingerprint density at radius 1 is 0.536 bits per heavy atom. The number of aliphatic hydroxyl groups excluding tert-OH is 2. The topological polar surface area (TPSA) is 201 Å². The van der Waals surface area contributed by atoms with Crippen molar-refractivity contribution in [3.8, 4) is 0 Å². The fourth-order valence-corrected chi connectivity index (χ4v) is 5.92. The molecule has 298 valence electrons. The highest BCUT2D eigenvalue weighted by atomic mass is 16.6. The van der Waals surface area contributed by atoms with Gasteiger partial charge in [0.2, 0.25) is 11.8 Å². The summed E-state index contributed by atoms with van der Waals surface area (Å²) in [6, 6.07) is 24.3. The summed E-state index contributed by atoms with van der Waals surface area (Å²) in [6.07, 6.45) is -1.55. The van der Waals surface area contributed by atoms with Crippen LogP contribution in [0.5, 0.6) is 0 Å². The van der Waals surface area contributed by atoms with Gasteiger partial charge in [-0.3, -0.25) is 19.6 Å². The lowest BCUT2D eigenvalue weighted by atomic mass is 9.90. The van der Waals surface area contributed by atoms with Crippen LogP contribution in [0.2, 0.25) is 0 Å². The first-order chi connectivity index (χ1) is 26.9. The summed E-state index contributed by atoms with van der Waals surface area (Å²) < 4.78 is 10.6. The molecule has 0 aliphatic carbocycles. The quantitative estimate of drug-likeness (QED) is 0.0814. The third kappa shape index (κ3) is 13.8. The maximum Gasteiger partial charge on any atom is 0.408 e. The van der Waals surface area contributed by atoms with Gasteiger partial charge in [0.1, 0.15) is 37.5 Å². The molecular weight excluding hydrogens is 716 g/mol. The monoisotopic (exact) mass is 768 g/mol. The second-order valence-corrected chi connectivity index (χ2v) is 14.1. The Morgan fingerprint density at radius 3 is 1.21 bits per heavy atom. The Bertz CT molecular complexity index is 1670. The molecular formula is C42H52N6O8. The summed E-state index contributed by atoms with van der Waals surface area (Å²) in [5, 5.41) is 34.7. The number of pyridine rings is 2. The van der Waals surface area contributed by atoms with E-state index in [0.717, 1.165) is 11.1 Å². The van der Waals surface area contributed by atoms with Gasteiger partial charge in [-0.05, 0) is 60.1 Å². The van der Waals surface area contributed by atoms with Crippen molar-refractivity contribution in [2.24, 2.45) is 11.8 Å². The van der Waals surface area contributed by atoms with Crippen molar-refractivity contribution in [3.05, 3.63) is 132 Å². The van der Waals surface area contributed by atoms with Crippen LogP contribution in [0.15, 0.2) is 109 Å². The predicted molar refractivity (Wildman–Crippen MR) is 209 cm³/mol. The molecule has 4 amide bonds. The lowest BCUT2D eigenvalue weighted by Gasteiger charge is -2.35. The number of benzene rings is 2. The van der Waals surface area contributed by atoms with E-state index in [1.54, 1.807) is 76.5 Å². The minimum atomic E-state index is -1.62. The molecule has 2 aromatic carbocycles. The number of alkyl carbamates (subject to hydrolysis) is 2. The molecule has 0 fully saturated rings. The number of aliphatic hydroxyl groups is 2. The molecule has 2 aromatic heterocycles. The van der Waals surface area contributed by atoms with Gasteiger partial charge < -0.3 is 41.0 Å². The number of carbonyl (C=O) groups excluding carboxylic acids is 4. The van der Waals surface area contributed by atoms with Gasteiger partial charge in [0.05, 0.1) is 23.5 Å². The Kier molecular flexibility index (Phi) is 16.8. The van der Waals surface area contributed by atoms with Crippen LogP contribution in [0.25, 0.3) is 0 Å². The van der Waals surface area contributed by atoms with Crippen LogP contribution in [0.3, 0.4) is 0 Å². The van der Waals surface area contributed by atoms with Crippen molar-refractivity contribution in [3.63, 3.8) is 0 Å². The number of amides is 4. The smallest absolute Gasteiger partial charge is 0.408 e. The first kappa shape index (κ1) is 42.9. The molecule has 0 aliphatic heterocycles. The fraction of sp³-hybridized carbons (Fsp3) is 0.381. The SMILES string of the molecule is CC(C)[C@H](NC(=O)OCc1ccccn1)C(=O)N[C@@H](Cc1ccccc1)[C@@H](O)[C@@H](O)[C@H](Cc1ccccc1)NC(=O)[C@H](NC(=O)OCc1ccccn1)C(C)C. The molecule has 56 heavy (non-hydrogen) atoms. The Hall–Kier alpha value is -5.86. The number of hydrogen-bond donors (Lipinski definition) is 6. The van der Waals surface area contributed by atoms with Gasteiger partial charge in [0.15, 0.2) is 0 Å². The van der Waals surface area contributed by atoms with Crippen molar-refractivity contribution in [2.45, 2.75) is 90.1 Å². The Morgan fingerprint density at radius 2 is 0.893 bits per heavy atom. The molecule has 14 heteroatoms. The van der Waals surface area contributed by atoms with Crippen LogP contribution in [-0.4, -0.2) is 80.6 Å². The Balaban J connectivity index is 1.53. The largest absolute Gasteiger partial charge is 0.443 e.